The van der Waals surface area contributed by atoms with Crippen LogP contribution in [0.4, 0.5) is 5.69 Å². The molecule has 2 nitrogen and oxygen atoms in total. The third kappa shape index (κ3) is 2.99. The molecule has 1 aliphatic heterocycles. The summed E-state index contributed by atoms with van der Waals surface area (Å²) in [4.78, 5) is 2.51. The lowest BCUT2D eigenvalue weighted by Crippen LogP contribution is -2.36. The summed E-state index contributed by atoms with van der Waals surface area (Å²) in [5, 5.41) is 0. The second-order valence-corrected chi connectivity index (χ2v) is 4.91. The molecule has 1 saturated heterocycles. The van der Waals surface area contributed by atoms with Crippen molar-refractivity contribution in [2.75, 3.05) is 19.3 Å². The molecule has 0 amide bonds. The second kappa shape index (κ2) is 5.35. The molecule has 1 heterocycles. The Morgan fingerprint density at radius 2 is 2.00 bits per heavy atom. The van der Waals surface area contributed by atoms with Gasteiger partial charge in [0.05, 0.1) is 0 Å². The predicted molar refractivity (Wildman–Crippen MR) is 69.4 cm³/mol. The van der Waals surface area contributed by atoms with Crippen molar-refractivity contribution >= 4 is 5.69 Å². The van der Waals surface area contributed by atoms with Crippen LogP contribution in [0.15, 0.2) is 24.3 Å². The fourth-order valence-corrected chi connectivity index (χ4v) is 2.53. The van der Waals surface area contributed by atoms with Crippen molar-refractivity contribution in [2.24, 2.45) is 0 Å². The molecule has 0 aliphatic carbocycles. The van der Waals surface area contributed by atoms with E-state index in [2.05, 4.69) is 24.1 Å². The Balaban J connectivity index is 1.84. The van der Waals surface area contributed by atoms with Crippen LogP contribution in [0.25, 0.3) is 0 Å². The second-order valence-electron chi connectivity index (χ2n) is 4.91. The number of nitrogens with two attached hydrogens (primary N) is 1. The van der Waals surface area contributed by atoms with Gasteiger partial charge < -0.3 is 10.6 Å². The van der Waals surface area contributed by atoms with Crippen molar-refractivity contribution in [3.63, 3.8) is 0 Å². The van der Waals surface area contributed by atoms with E-state index >= 15 is 0 Å². The zero-order valence-corrected chi connectivity index (χ0v) is 10.2. The number of aryl methyl sites for hydroxylation is 1. The van der Waals surface area contributed by atoms with Crippen molar-refractivity contribution < 1.29 is 0 Å². The molecular weight excluding hydrogens is 196 g/mol. The number of piperidine rings is 1. The highest BCUT2D eigenvalue weighted by atomic mass is 15.1. The highest BCUT2D eigenvalue weighted by Gasteiger charge is 2.18. The van der Waals surface area contributed by atoms with Crippen LogP contribution in [0.5, 0.6) is 0 Å². The third-order valence-electron chi connectivity index (χ3n) is 3.67. The SMILES string of the molecule is CN1CCCCC1CCc1ccc(N)cc1. The van der Waals surface area contributed by atoms with Crippen LogP contribution in [0.2, 0.25) is 0 Å². The summed E-state index contributed by atoms with van der Waals surface area (Å²) in [7, 11) is 2.26. The predicted octanol–water partition coefficient (Wildman–Crippen LogP) is 2.69. The molecule has 2 rings (SSSR count). The molecule has 0 radical (unpaired) electrons. The smallest absolute Gasteiger partial charge is 0.0314 e. The molecule has 0 spiro atoms. The quantitative estimate of drug-likeness (QED) is 0.790. The van der Waals surface area contributed by atoms with E-state index in [1.807, 2.05) is 12.1 Å². The number of rotatable bonds is 3. The minimum atomic E-state index is 0.784. The Bertz CT molecular complexity index is 318. The highest BCUT2D eigenvalue weighted by molar-refractivity contribution is 5.39. The summed E-state index contributed by atoms with van der Waals surface area (Å²) in [6, 6.07) is 9.09. The van der Waals surface area contributed by atoms with Gasteiger partial charge in [0.25, 0.3) is 0 Å². The molecule has 1 aromatic rings. The molecule has 2 heteroatoms. The Labute approximate surface area is 98.4 Å². The first-order valence-electron chi connectivity index (χ1n) is 6.30. The molecule has 88 valence electrons. The van der Waals surface area contributed by atoms with Gasteiger partial charge in [-0.25, -0.2) is 0 Å². The van der Waals surface area contributed by atoms with E-state index < -0.39 is 0 Å². The van der Waals surface area contributed by atoms with E-state index in [4.69, 9.17) is 5.73 Å². The number of likely N-dealkylation sites (tertiary alicyclic amines) is 1. The first kappa shape index (κ1) is 11.5. The minimum Gasteiger partial charge on any atom is -0.399 e. The molecule has 1 aromatic carbocycles. The lowest BCUT2D eigenvalue weighted by molar-refractivity contribution is 0.176. The van der Waals surface area contributed by atoms with Gasteiger partial charge in [0.15, 0.2) is 0 Å². The van der Waals surface area contributed by atoms with Gasteiger partial charge in [0.1, 0.15) is 0 Å². The topological polar surface area (TPSA) is 29.3 Å². The number of anilines is 1. The van der Waals surface area contributed by atoms with Crippen molar-refractivity contribution in [3.8, 4) is 0 Å². The fraction of sp³-hybridized carbons (Fsp3) is 0.571. The molecular formula is C14H22N2. The normalized spacial score (nSPS) is 22.2. The average molecular weight is 218 g/mol. The first-order valence-corrected chi connectivity index (χ1v) is 6.30. The molecule has 16 heavy (non-hydrogen) atoms. The maximum absolute atomic E-state index is 5.68. The zero-order chi connectivity index (χ0) is 11.4. The fourth-order valence-electron chi connectivity index (χ4n) is 2.53. The lowest BCUT2D eigenvalue weighted by atomic mass is 9.96. The Kier molecular flexibility index (Phi) is 3.83. The number of hydrogen-bond donors (Lipinski definition) is 1. The summed E-state index contributed by atoms with van der Waals surface area (Å²) in [6.45, 7) is 1.27. The number of nitrogen functional groups attached to an aromatic ring is 1. The van der Waals surface area contributed by atoms with E-state index in [0.29, 0.717) is 0 Å². The number of hydrogen-bond acceptors (Lipinski definition) is 2. The van der Waals surface area contributed by atoms with E-state index in [0.717, 1.165) is 11.7 Å². The summed E-state index contributed by atoms with van der Waals surface area (Å²) in [5.74, 6) is 0. The van der Waals surface area contributed by atoms with Crippen LogP contribution in [-0.2, 0) is 6.42 Å². The van der Waals surface area contributed by atoms with Gasteiger partial charge in [-0.1, -0.05) is 18.6 Å². The number of benzene rings is 1. The largest absolute Gasteiger partial charge is 0.399 e. The van der Waals surface area contributed by atoms with Crippen LogP contribution in [-0.4, -0.2) is 24.5 Å². The Morgan fingerprint density at radius 1 is 1.25 bits per heavy atom. The van der Waals surface area contributed by atoms with E-state index in [1.165, 1.54) is 44.2 Å². The molecule has 0 saturated carbocycles. The van der Waals surface area contributed by atoms with Crippen molar-refractivity contribution in [1.82, 2.24) is 4.90 Å². The molecule has 1 fully saturated rings. The average Bonchev–Trinajstić information content (AvgIpc) is 2.30. The summed E-state index contributed by atoms with van der Waals surface area (Å²) in [5.41, 5.74) is 7.95. The van der Waals surface area contributed by atoms with Gasteiger partial charge in [-0.15, -0.1) is 0 Å². The van der Waals surface area contributed by atoms with Gasteiger partial charge in [0.2, 0.25) is 0 Å². The van der Waals surface area contributed by atoms with E-state index in [1.54, 1.807) is 0 Å². The summed E-state index contributed by atoms with van der Waals surface area (Å²) >= 11 is 0. The standard InChI is InChI=1S/C14H22N2/c1-16-11-3-2-4-14(16)10-7-12-5-8-13(15)9-6-12/h5-6,8-9,14H,2-4,7,10-11,15H2,1H3. The molecule has 0 bridgehead atoms. The van der Waals surface area contributed by atoms with E-state index in [-0.39, 0.29) is 0 Å². The highest BCUT2D eigenvalue weighted by Crippen LogP contribution is 2.19. The summed E-state index contributed by atoms with van der Waals surface area (Å²) in [6.07, 6.45) is 6.59. The zero-order valence-electron chi connectivity index (χ0n) is 10.2. The van der Waals surface area contributed by atoms with Crippen LogP contribution >= 0.6 is 0 Å². The van der Waals surface area contributed by atoms with Crippen LogP contribution in [0.3, 0.4) is 0 Å². The van der Waals surface area contributed by atoms with Crippen LogP contribution in [0.1, 0.15) is 31.2 Å². The van der Waals surface area contributed by atoms with Gasteiger partial charge >= 0.3 is 0 Å². The lowest BCUT2D eigenvalue weighted by Gasteiger charge is -2.32. The maximum Gasteiger partial charge on any atom is 0.0314 e. The molecule has 0 aromatic heterocycles. The van der Waals surface area contributed by atoms with Gasteiger partial charge in [-0.2, -0.15) is 0 Å². The first-order chi connectivity index (χ1) is 7.75. The Morgan fingerprint density at radius 3 is 2.69 bits per heavy atom. The van der Waals surface area contributed by atoms with Crippen molar-refractivity contribution in [2.45, 2.75) is 38.1 Å². The minimum absolute atomic E-state index is 0.784. The van der Waals surface area contributed by atoms with Crippen molar-refractivity contribution in [3.05, 3.63) is 29.8 Å². The summed E-state index contributed by atoms with van der Waals surface area (Å²) < 4.78 is 0. The maximum atomic E-state index is 5.68. The van der Waals surface area contributed by atoms with Gasteiger partial charge in [-0.3, -0.25) is 0 Å². The van der Waals surface area contributed by atoms with Gasteiger partial charge in [0, 0.05) is 11.7 Å². The molecule has 2 N–H and O–H groups in total. The van der Waals surface area contributed by atoms with Crippen LogP contribution in [0, 0.1) is 0 Å². The van der Waals surface area contributed by atoms with Crippen molar-refractivity contribution in [1.29, 1.82) is 0 Å². The van der Waals surface area contributed by atoms with E-state index in [9.17, 15) is 0 Å². The van der Waals surface area contributed by atoms with Crippen LogP contribution < -0.4 is 5.73 Å². The van der Waals surface area contributed by atoms with Gasteiger partial charge in [-0.05, 0) is 57.0 Å². The monoisotopic (exact) mass is 218 g/mol. The number of nitrogens with zero attached hydrogens (tertiary/aromatic N) is 1. The molecule has 1 atom stereocenters. The molecule has 1 aliphatic rings. The third-order valence-corrected chi connectivity index (χ3v) is 3.67. The Hall–Kier alpha value is -1.02. The molecule has 1 unspecified atom stereocenters.